The van der Waals surface area contributed by atoms with Crippen LogP contribution in [0.3, 0.4) is 0 Å². The Kier molecular flexibility index (Phi) is 7.31. The monoisotopic (exact) mass is 357 g/mol. The van der Waals surface area contributed by atoms with Crippen molar-refractivity contribution in [1.29, 1.82) is 0 Å². The molecule has 0 unspecified atom stereocenters. The molecule has 1 N–H and O–H groups in total. The Morgan fingerprint density at radius 2 is 2.14 bits per heavy atom. The zero-order chi connectivity index (χ0) is 14.5. The standard InChI is InChI=1S/C16H23N3S2.ClH/c1-2-17-9-13-3-6-19(7-4-13)10-15-12-21-16(18-15)14-5-8-20-11-14;/h5,8,11-13,17H,2-4,6-7,9-10H2,1H3;1H. The van der Waals surface area contributed by atoms with Crippen LogP contribution in [-0.4, -0.2) is 36.1 Å². The Balaban J connectivity index is 0.00000176. The third-order valence-corrected chi connectivity index (χ3v) is 5.72. The molecule has 0 radical (unpaired) electrons. The number of nitrogens with zero attached hydrogens (tertiary/aromatic N) is 2. The van der Waals surface area contributed by atoms with Gasteiger partial charge < -0.3 is 5.32 Å². The van der Waals surface area contributed by atoms with Crippen LogP contribution in [0.25, 0.3) is 10.6 Å². The van der Waals surface area contributed by atoms with E-state index in [2.05, 4.69) is 39.3 Å². The highest BCUT2D eigenvalue weighted by Gasteiger charge is 2.19. The maximum Gasteiger partial charge on any atom is 0.124 e. The summed E-state index contributed by atoms with van der Waals surface area (Å²) in [4.78, 5) is 7.34. The molecule has 0 bridgehead atoms. The van der Waals surface area contributed by atoms with E-state index in [1.807, 2.05) is 0 Å². The fourth-order valence-electron chi connectivity index (χ4n) is 2.82. The summed E-state index contributed by atoms with van der Waals surface area (Å²) >= 11 is 3.50. The molecule has 0 amide bonds. The predicted octanol–water partition coefficient (Wildman–Crippen LogP) is 4.11. The fraction of sp³-hybridized carbons (Fsp3) is 0.562. The van der Waals surface area contributed by atoms with Crippen LogP contribution in [-0.2, 0) is 6.54 Å². The van der Waals surface area contributed by atoms with Gasteiger partial charge in [0.2, 0.25) is 0 Å². The minimum Gasteiger partial charge on any atom is -0.317 e. The summed E-state index contributed by atoms with van der Waals surface area (Å²) in [6, 6.07) is 2.15. The van der Waals surface area contributed by atoms with Crippen molar-refractivity contribution in [1.82, 2.24) is 15.2 Å². The van der Waals surface area contributed by atoms with E-state index in [1.165, 1.54) is 43.7 Å². The van der Waals surface area contributed by atoms with Gasteiger partial charge in [-0.1, -0.05) is 6.92 Å². The van der Waals surface area contributed by atoms with Crippen molar-refractivity contribution < 1.29 is 0 Å². The van der Waals surface area contributed by atoms with Crippen molar-refractivity contribution in [2.24, 2.45) is 5.92 Å². The van der Waals surface area contributed by atoms with E-state index < -0.39 is 0 Å². The van der Waals surface area contributed by atoms with Crippen molar-refractivity contribution in [3.63, 3.8) is 0 Å². The number of piperidine rings is 1. The number of thiazole rings is 1. The van der Waals surface area contributed by atoms with E-state index >= 15 is 0 Å². The number of likely N-dealkylation sites (tertiary alicyclic amines) is 1. The summed E-state index contributed by atoms with van der Waals surface area (Å²) in [5.41, 5.74) is 2.49. The highest BCUT2D eigenvalue weighted by molar-refractivity contribution is 7.14. The van der Waals surface area contributed by atoms with Gasteiger partial charge in [-0.3, -0.25) is 4.90 Å². The molecule has 2 aromatic rings. The van der Waals surface area contributed by atoms with Crippen LogP contribution in [0.15, 0.2) is 22.2 Å². The average molecular weight is 358 g/mol. The van der Waals surface area contributed by atoms with Crippen LogP contribution >= 0.6 is 35.1 Å². The minimum atomic E-state index is 0. The quantitative estimate of drug-likeness (QED) is 0.843. The van der Waals surface area contributed by atoms with E-state index in [-0.39, 0.29) is 12.4 Å². The number of hydrogen-bond donors (Lipinski definition) is 1. The van der Waals surface area contributed by atoms with Crippen LogP contribution < -0.4 is 5.32 Å². The molecule has 1 fully saturated rings. The Morgan fingerprint density at radius 1 is 1.32 bits per heavy atom. The predicted molar refractivity (Wildman–Crippen MR) is 99.2 cm³/mol. The lowest BCUT2D eigenvalue weighted by Gasteiger charge is -2.31. The van der Waals surface area contributed by atoms with Crippen molar-refractivity contribution >= 4 is 35.1 Å². The maximum absolute atomic E-state index is 4.79. The minimum absolute atomic E-state index is 0. The normalized spacial score (nSPS) is 16.6. The molecule has 6 heteroatoms. The second-order valence-corrected chi connectivity index (χ2v) is 7.32. The molecule has 22 heavy (non-hydrogen) atoms. The van der Waals surface area contributed by atoms with E-state index in [0.717, 1.165) is 24.0 Å². The first-order chi connectivity index (χ1) is 10.3. The number of halogens is 1. The Morgan fingerprint density at radius 3 is 2.82 bits per heavy atom. The molecule has 0 saturated carbocycles. The molecule has 1 aliphatic heterocycles. The van der Waals surface area contributed by atoms with Crippen molar-refractivity contribution in [3.8, 4) is 10.6 Å². The van der Waals surface area contributed by atoms with Crippen LogP contribution in [0, 0.1) is 5.92 Å². The first kappa shape index (κ1) is 17.9. The molecule has 2 aromatic heterocycles. The number of rotatable bonds is 6. The summed E-state index contributed by atoms with van der Waals surface area (Å²) in [7, 11) is 0. The number of hydrogen-bond acceptors (Lipinski definition) is 5. The zero-order valence-corrected chi connectivity index (χ0v) is 15.4. The smallest absolute Gasteiger partial charge is 0.124 e. The highest BCUT2D eigenvalue weighted by Crippen LogP contribution is 2.26. The fourth-order valence-corrected chi connectivity index (χ4v) is 4.35. The summed E-state index contributed by atoms with van der Waals surface area (Å²) in [6.45, 7) is 7.88. The van der Waals surface area contributed by atoms with E-state index in [9.17, 15) is 0 Å². The third-order valence-electron chi connectivity index (χ3n) is 4.10. The van der Waals surface area contributed by atoms with Crippen LogP contribution in [0.4, 0.5) is 0 Å². The molecule has 3 nitrogen and oxygen atoms in total. The van der Waals surface area contributed by atoms with Gasteiger partial charge in [0.25, 0.3) is 0 Å². The van der Waals surface area contributed by atoms with Gasteiger partial charge in [0.05, 0.1) is 5.69 Å². The molecule has 0 aliphatic carbocycles. The average Bonchev–Trinajstić information content (AvgIpc) is 3.17. The molecule has 3 heterocycles. The molecule has 122 valence electrons. The van der Waals surface area contributed by atoms with Gasteiger partial charge in [-0.2, -0.15) is 11.3 Å². The largest absolute Gasteiger partial charge is 0.317 e. The second kappa shape index (κ2) is 8.99. The first-order valence-corrected chi connectivity index (χ1v) is 9.57. The lowest BCUT2D eigenvalue weighted by atomic mass is 9.97. The molecular weight excluding hydrogens is 334 g/mol. The molecule has 1 saturated heterocycles. The topological polar surface area (TPSA) is 28.2 Å². The SMILES string of the molecule is CCNCC1CCN(Cc2csc(-c3ccsc3)n2)CC1.Cl. The zero-order valence-electron chi connectivity index (χ0n) is 13.0. The second-order valence-electron chi connectivity index (χ2n) is 5.68. The number of aromatic nitrogens is 1. The summed E-state index contributed by atoms with van der Waals surface area (Å²) in [5.74, 6) is 0.859. The lowest BCUT2D eigenvalue weighted by molar-refractivity contribution is 0.174. The van der Waals surface area contributed by atoms with Crippen LogP contribution in [0.2, 0.25) is 0 Å². The molecule has 0 atom stereocenters. The molecule has 0 aromatic carbocycles. The Hall–Kier alpha value is -0.460. The summed E-state index contributed by atoms with van der Waals surface area (Å²) in [6.07, 6.45) is 2.63. The third kappa shape index (κ3) is 4.77. The Bertz CT molecular complexity index is 533. The first-order valence-electron chi connectivity index (χ1n) is 7.75. The van der Waals surface area contributed by atoms with Gasteiger partial charge in [-0.15, -0.1) is 23.7 Å². The van der Waals surface area contributed by atoms with Crippen LogP contribution in [0.5, 0.6) is 0 Å². The highest BCUT2D eigenvalue weighted by atomic mass is 35.5. The molecule has 1 aliphatic rings. The van der Waals surface area contributed by atoms with E-state index in [0.29, 0.717) is 0 Å². The van der Waals surface area contributed by atoms with Gasteiger partial charge in [-0.05, 0) is 56.4 Å². The van der Waals surface area contributed by atoms with Crippen molar-refractivity contribution in [2.75, 3.05) is 26.2 Å². The molecule has 0 spiro atoms. The van der Waals surface area contributed by atoms with Gasteiger partial charge >= 0.3 is 0 Å². The van der Waals surface area contributed by atoms with Gasteiger partial charge in [0, 0.05) is 22.9 Å². The Labute approximate surface area is 147 Å². The number of nitrogens with one attached hydrogen (secondary N) is 1. The van der Waals surface area contributed by atoms with E-state index in [1.54, 1.807) is 22.7 Å². The lowest BCUT2D eigenvalue weighted by Crippen LogP contribution is -2.36. The summed E-state index contributed by atoms with van der Waals surface area (Å²) in [5, 5.41) is 11.1. The van der Waals surface area contributed by atoms with Gasteiger partial charge in [-0.25, -0.2) is 4.98 Å². The number of thiophene rings is 1. The van der Waals surface area contributed by atoms with E-state index in [4.69, 9.17) is 4.98 Å². The molecule has 3 rings (SSSR count). The van der Waals surface area contributed by atoms with Crippen molar-refractivity contribution in [2.45, 2.75) is 26.3 Å². The van der Waals surface area contributed by atoms with Crippen LogP contribution in [0.1, 0.15) is 25.5 Å². The van der Waals surface area contributed by atoms with Gasteiger partial charge in [0.15, 0.2) is 0 Å². The van der Waals surface area contributed by atoms with Crippen molar-refractivity contribution in [3.05, 3.63) is 27.9 Å². The van der Waals surface area contributed by atoms with Gasteiger partial charge in [0.1, 0.15) is 5.01 Å². The summed E-state index contributed by atoms with van der Waals surface area (Å²) < 4.78 is 0. The molecular formula is C16H24ClN3S2. The maximum atomic E-state index is 4.79.